The molecular formula is C16H20N3O3S-. The number of hydrogen-bond donors (Lipinski definition) is 0. The number of aromatic nitrogens is 2. The van der Waals surface area contributed by atoms with Crippen LogP contribution in [0.1, 0.15) is 30.0 Å². The Labute approximate surface area is 139 Å². The van der Waals surface area contributed by atoms with Gasteiger partial charge in [-0.3, -0.25) is 0 Å². The second kappa shape index (κ2) is 7.41. The van der Waals surface area contributed by atoms with Gasteiger partial charge in [-0.05, 0) is 31.4 Å². The average molecular weight is 334 g/mol. The Morgan fingerprint density at radius 3 is 2.70 bits per heavy atom. The van der Waals surface area contributed by atoms with E-state index in [0.717, 1.165) is 16.2 Å². The minimum atomic E-state index is -1.27. The molecule has 0 unspecified atom stereocenters. The second-order valence-corrected chi connectivity index (χ2v) is 6.85. The first-order valence-corrected chi connectivity index (χ1v) is 8.19. The zero-order chi connectivity index (χ0) is 17.0. The van der Waals surface area contributed by atoms with Crippen molar-refractivity contribution in [2.45, 2.75) is 34.3 Å². The minimum absolute atomic E-state index is 0.173. The van der Waals surface area contributed by atoms with Gasteiger partial charge in [-0.1, -0.05) is 42.9 Å². The Bertz CT molecular complexity index is 685. The lowest BCUT2D eigenvalue weighted by molar-refractivity contribution is -0.246. The highest BCUT2D eigenvalue weighted by Gasteiger charge is 2.15. The van der Waals surface area contributed by atoms with E-state index < -0.39 is 6.09 Å². The van der Waals surface area contributed by atoms with Crippen LogP contribution in [0, 0.1) is 19.8 Å². The van der Waals surface area contributed by atoms with Crippen LogP contribution in [0.2, 0.25) is 0 Å². The van der Waals surface area contributed by atoms with Crippen LogP contribution in [-0.2, 0) is 6.61 Å². The van der Waals surface area contributed by atoms with Gasteiger partial charge in [0.2, 0.25) is 5.13 Å². The van der Waals surface area contributed by atoms with Crippen LogP contribution in [0.15, 0.2) is 18.2 Å². The lowest BCUT2D eigenvalue weighted by atomic mass is 10.1. The molecule has 7 heteroatoms. The van der Waals surface area contributed by atoms with Crippen molar-refractivity contribution in [3.05, 3.63) is 34.3 Å². The minimum Gasteiger partial charge on any atom is -0.530 e. The van der Waals surface area contributed by atoms with Gasteiger partial charge in [0.15, 0.2) is 5.01 Å². The van der Waals surface area contributed by atoms with Crippen molar-refractivity contribution in [3.63, 3.8) is 0 Å². The summed E-state index contributed by atoms with van der Waals surface area (Å²) < 4.78 is 5.74. The first-order valence-electron chi connectivity index (χ1n) is 7.37. The molecule has 1 aromatic heterocycles. The van der Waals surface area contributed by atoms with E-state index in [4.69, 9.17) is 4.74 Å². The van der Waals surface area contributed by atoms with Gasteiger partial charge in [0.25, 0.3) is 0 Å². The fourth-order valence-electron chi connectivity index (χ4n) is 2.11. The summed E-state index contributed by atoms with van der Waals surface area (Å²) in [6.07, 6.45) is -1.27. The molecule has 124 valence electrons. The van der Waals surface area contributed by atoms with Gasteiger partial charge in [-0.2, -0.15) is 0 Å². The van der Waals surface area contributed by atoms with Gasteiger partial charge < -0.3 is 19.5 Å². The lowest BCUT2D eigenvalue weighted by Gasteiger charge is -2.23. The average Bonchev–Trinajstić information content (AvgIpc) is 2.92. The van der Waals surface area contributed by atoms with Gasteiger partial charge >= 0.3 is 0 Å². The Morgan fingerprint density at radius 2 is 2.09 bits per heavy atom. The second-order valence-electron chi connectivity index (χ2n) is 5.81. The van der Waals surface area contributed by atoms with E-state index in [2.05, 4.69) is 10.2 Å². The summed E-state index contributed by atoms with van der Waals surface area (Å²) >= 11 is 1.20. The Hall–Kier alpha value is -2.15. The highest BCUT2D eigenvalue weighted by atomic mass is 32.1. The molecule has 0 aliphatic carbocycles. The third-order valence-electron chi connectivity index (χ3n) is 3.14. The molecule has 0 saturated carbocycles. The number of nitrogens with zero attached hydrogens (tertiary/aromatic N) is 3. The molecule has 0 aliphatic heterocycles. The molecule has 0 fully saturated rings. The first kappa shape index (κ1) is 17.2. The van der Waals surface area contributed by atoms with E-state index >= 15 is 0 Å². The molecule has 2 rings (SSSR count). The molecule has 1 aromatic carbocycles. The number of hydrogen-bond acceptors (Lipinski definition) is 6. The Kier molecular flexibility index (Phi) is 5.54. The van der Waals surface area contributed by atoms with E-state index in [9.17, 15) is 9.90 Å². The van der Waals surface area contributed by atoms with Crippen molar-refractivity contribution < 1.29 is 14.6 Å². The van der Waals surface area contributed by atoms with E-state index in [1.165, 1.54) is 16.9 Å². The summed E-state index contributed by atoms with van der Waals surface area (Å²) in [6, 6.07) is 5.94. The summed E-state index contributed by atoms with van der Waals surface area (Å²) in [5, 5.41) is 20.1. The topological polar surface area (TPSA) is 78.4 Å². The lowest BCUT2D eigenvalue weighted by Crippen LogP contribution is -2.43. The van der Waals surface area contributed by atoms with Crippen LogP contribution in [0.25, 0.3) is 0 Å². The fraction of sp³-hybridized carbons (Fsp3) is 0.438. The highest BCUT2D eigenvalue weighted by Crippen LogP contribution is 2.24. The molecular weight excluding hydrogens is 314 g/mol. The van der Waals surface area contributed by atoms with Gasteiger partial charge in [0.1, 0.15) is 18.4 Å². The van der Waals surface area contributed by atoms with Crippen LogP contribution < -0.4 is 14.7 Å². The quantitative estimate of drug-likeness (QED) is 0.811. The van der Waals surface area contributed by atoms with E-state index in [1.54, 1.807) is 0 Å². The molecule has 0 saturated heterocycles. The van der Waals surface area contributed by atoms with Crippen molar-refractivity contribution in [2.24, 2.45) is 5.92 Å². The monoisotopic (exact) mass is 334 g/mol. The van der Waals surface area contributed by atoms with E-state index in [-0.39, 0.29) is 12.5 Å². The number of benzene rings is 1. The number of amides is 1. The van der Waals surface area contributed by atoms with E-state index in [1.807, 2.05) is 45.9 Å². The van der Waals surface area contributed by atoms with E-state index in [0.29, 0.717) is 16.7 Å². The molecule has 2 aromatic rings. The third kappa shape index (κ3) is 4.66. The molecule has 1 heterocycles. The Balaban J connectivity index is 2.05. The number of carbonyl (C=O) groups excluding carboxylic acids is 1. The normalized spacial score (nSPS) is 10.8. The van der Waals surface area contributed by atoms with Crippen molar-refractivity contribution in [2.75, 3.05) is 11.4 Å². The molecule has 0 aliphatic rings. The fourth-order valence-corrected chi connectivity index (χ4v) is 2.86. The van der Waals surface area contributed by atoms with Crippen LogP contribution in [0.4, 0.5) is 9.93 Å². The maximum atomic E-state index is 11.2. The molecule has 0 atom stereocenters. The van der Waals surface area contributed by atoms with Crippen LogP contribution in [0.5, 0.6) is 5.75 Å². The van der Waals surface area contributed by atoms with Gasteiger partial charge in [-0.25, -0.2) is 0 Å². The molecule has 6 nitrogen and oxygen atoms in total. The summed E-state index contributed by atoms with van der Waals surface area (Å²) in [4.78, 5) is 12.3. The third-order valence-corrected chi connectivity index (χ3v) is 4.06. The van der Waals surface area contributed by atoms with Crippen LogP contribution in [0.3, 0.4) is 0 Å². The number of anilines is 1. The molecule has 0 spiro atoms. The molecule has 0 N–H and O–H groups in total. The number of carbonyl (C=O) groups is 1. The zero-order valence-electron chi connectivity index (χ0n) is 13.7. The number of rotatable bonds is 6. The Morgan fingerprint density at radius 1 is 1.35 bits per heavy atom. The van der Waals surface area contributed by atoms with Gasteiger partial charge in [-0.15, -0.1) is 10.2 Å². The predicted octanol–water partition coefficient (Wildman–Crippen LogP) is 2.54. The maximum absolute atomic E-state index is 11.2. The first-order chi connectivity index (χ1) is 10.9. The van der Waals surface area contributed by atoms with Crippen molar-refractivity contribution >= 4 is 22.6 Å². The number of ether oxygens (including phenoxy) is 1. The van der Waals surface area contributed by atoms with Crippen molar-refractivity contribution in [3.8, 4) is 5.75 Å². The van der Waals surface area contributed by atoms with Crippen LogP contribution in [-0.4, -0.2) is 22.8 Å². The van der Waals surface area contributed by atoms with Gasteiger partial charge in [0, 0.05) is 6.54 Å². The number of carboxylic acid groups (broad SMARTS) is 1. The molecule has 0 radical (unpaired) electrons. The summed E-state index contributed by atoms with van der Waals surface area (Å²) in [5.41, 5.74) is 2.22. The summed E-state index contributed by atoms with van der Waals surface area (Å²) in [5.74, 6) is 0.956. The van der Waals surface area contributed by atoms with Crippen molar-refractivity contribution in [1.82, 2.24) is 10.2 Å². The van der Waals surface area contributed by atoms with Crippen LogP contribution >= 0.6 is 11.3 Å². The smallest absolute Gasteiger partial charge is 0.213 e. The largest absolute Gasteiger partial charge is 0.530 e. The predicted molar refractivity (Wildman–Crippen MR) is 87.7 cm³/mol. The highest BCUT2D eigenvalue weighted by molar-refractivity contribution is 7.15. The SMILES string of the molecule is Cc1ccc(OCc2nnc(N(CC(C)C)C(=O)[O-])s2)c(C)c1. The number of aryl methyl sites for hydroxylation is 2. The standard InChI is InChI=1S/C16H21N3O3S/c1-10(2)8-19(16(20)21)15-18-17-14(23-15)9-22-13-6-5-11(3)7-12(13)4/h5-7,10H,8-9H2,1-4H3,(H,20,21)/p-1. The van der Waals surface area contributed by atoms with Gasteiger partial charge in [0.05, 0.1) is 0 Å². The molecule has 0 bridgehead atoms. The molecule has 23 heavy (non-hydrogen) atoms. The maximum Gasteiger partial charge on any atom is 0.213 e. The summed E-state index contributed by atoms with van der Waals surface area (Å²) in [6.45, 7) is 8.45. The zero-order valence-corrected chi connectivity index (χ0v) is 14.5. The van der Waals surface area contributed by atoms with Crippen molar-refractivity contribution in [1.29, 1.82) is 0 Å². The molecule has 1 amide bonds. The summed E-state index contributed by atoms with van der Waals surface area (Å²) in [7, 11) is 0.